The Balaban J connectivity index is 1.75. The second-order valence-electron chi connectivity index (χ2n) is 13.4. The van der Waals surface area contributed by atoms with Crippen molar-refractivity contribution in [2.24, 2.45) is 28.1 Å². The number of aliphatic hydroxyl groups excluding tert-OH is 3. The summed E-state index contributed by atoms with van der Waals surface area (Å²) < 4.78 is 5.41. The average Bonchev–Trinajstić information content (AvgIpc) is 3.22. The van der Waals surface area contributed by atoms with Crippen molar-refractivity contribution in [2.45, 2.75) is 118 Å². The van der Waals surface area contributed by atoms with Gasteiger partial charge in [0.2, 0.25) is 0 Å². The molecule has 214 valence electrons. The van der Waals surface area contributed by atoms with Crippen LogP contribution in [-0.4, -0.2) is 46.2 Å². The number of rotatable bonds is 9. The third-order valence-corrected chi connectivity index (χ3v) is 9.83. The first-order valence-electron chi connectivity index (χ1n) is 14.7. The monoisotopic (exact) mass is 528 g/mol. The first-order chi connectivity index (χ1) is 17.7. The van der Waals surface area contributed by atoms with Crippen LogP contribution >= 0.6 is 0 Å². The Hall–Kier alpha value is -1.69. The van der Waals surface area contributed by atoms with Crippen molar-refractivity contribution in [3.8, 4) is 0 Å². The fourth-order valence-corrected chi connectivity index (χ4v) is 7.24. The summed E-state index contributed by atoms with van der Waals surface area (Å²) in [5.74, 6) is 0.589. The molecule has 5 heteroatoms. The van der Waals surface area contributed by atoms with Crippen molar-refractivity contribution in [3.05, 3.63) is 47.6 Å². The lowest BCUT2D eigenvalue weighted by molar-refractivity contribution is -0.158. The molecule has 0 amide bonds. The normalized spacial score (nSPS) is 33.7. The summed E-state index contributed by atoms with van der Waals surface area (Å²) in [5, 5.41) is 31.3. The first-order valence-corrected chi connectivity index (χ1v) is 14.7. The number of ether oxygens (including phenoxy) is 1. The fraction of sp³-hybridized carbons (Fsp3) is 0.727. The molecule has 0 radical (unpaired) electrons. The van der Waals surface area contributed by atoms with E-state index >= 15 is 0 Å². The van der Waals surface area contributed by atoms with Gasteiger partial charge in [-0.3, -0.25) is 4.79 Å². The summed E-state index contributed by atoms with van der Waals surface area (Å²) in [5.41, 5.74) is 2.17. The van der Waals surface area contributed by atoms with Gasteiger partial charge in [0.25, 0.3) is 0 Å². The van der Waals surface area contributed by atoms with Crippen molar-refractivity contribution in [1.29, 1.82) is 0 Å². The Morgan fingerprint density at radius 2 is 1.92 bits per heavy atom. The van der Waals surface area contributed by atoms with Gasteiger partial charge in [-0.15, -0.1) is 0 Å². The molecular weight excluding hydrogens is 476 g/mol. The zero-order valence-electron chi connectivity index (χ0n) is 24.6. The zero-order chi connectivity index (χ0) is 28.3. The summed E-state index contributed by atoms with van der Waals surface area (Å²) in [7, 11) is 0. The molecule has 3 aliphatic carbocycles. The van der Waals surface area contributed by atoms with Crippen LogP contribution in [0.15, 0.2) is 47.6 Å². The molecule has 3 saturated carbocycles. The number of esters is 1. The predicted octanol–water partition coefficient (Wildman–Crippen LogP) is 6.44. The third-order valence-electron chi connectivity index (χ3n) is 9.83. The van der Waals surface area contributed by atoms with Gasteiger partial charge in [-0.25, -0.2) is 0 Å². The van der Waals surface area contributed by atoms with Gasteiger partial charge in [0, 0.05) is 6.42 Å². The van der Waals surface area contributed by atoms with Crippen molar-refractivity contribution in [1.82, 2.24) is 0 Å². The van der Waals surface area contributed by atoms with Crippen molar-refractivity contribution in [3.63, 3.8) is 0 Å². The van der Waals surface area contributed by atoms with E-state index in [4.69, 9.17) is 4.74 Å². The standard InChI is InChI=1S/C33H52O5/c1-8-9-19-38-30(37)32(5,6)29(36)16-18-31(3,4)28-15-14-26-23(11-10-17-33(26,28)7)12-13-24-20-25(34)21-27(35)22(24)2/h12-13,16,18,25-29,34-36H,2,8-11,14-15,17,19-21H2,1,3-7H3/t25-,26+,27+,28-,29+,33+/m1/s1. The molecule has 0 unspecified atom stereocenters. The molecule has 3 rings (SSSR count). The maximum atomic E-state index is 12.6. The molecule has 0 aromatic heterocycles. The van der Waals surface area contributed by atoms with Gasteiger partial charge in [-0.1, -0.05) is 70.6 Å². The van der Waals surface area contributed by atoms with E-state index in [-0.39, 0.29) is 16.8 Å². The molecule has 0 spiro atoms. The highest BCUT2D eigenvalue weighted by atomic mass is 16.5. The lowest BCUT2D eigenvalue weighted by atomic mass is 9.57. The quantitative estimate of drug-likeness (QED) is 0.182. The van der Waals surface area contributed by atoms with E-state index in [1.807, 2.05) is 6.08 Å². The molecule has 0 heterocycles. The maximum absolute atomic E-state index is 12.6. The highest BCUT2D eigenvalue weighted by molar-refractivity contribution is 5.77. The SMILES string of the molecule is C=C1C(=CC=C2CCC[C@]3(C)[C@@H](C(C)(C)C=C[C@H](O)C(C)(C)C(=O)OCCCC)CC[C@@H]23)C[C@@H](O)C[C@@H]1O. The topological polar surface area (TPSA) is 87.0 Å². The Morgan fingerprint density at radius 3 is 2.61 bits per heavy atom. The van der Waals surface area contributed by atoms with Crippen molar-refractivity contribution < 1.29 is 24.9 Å². The van der Waals surface area contributed by atoms with Crippen LogP contribution in [0.5, 0.6) is 0 Å². The fourth-order valence-electron chi connectivity index (χ4n) is 7.24. The number of allylic oxidation sites excluding steroid dienone is 4. The maximum Gasteiger partial charge on any atom is 0.314 e. The first kappa shape index (κ1) is 30.8. The van der Waals surface area contributed by atoms with Gasteiger partial charge in [0.05, 0.1) is 30.3 Å². The molecule has 0 saturated heterocycles. The van der Waals surface area contributed by atoms with Gasteiger partial charge < -0.3 is 20.1 Å². The Labute approximate surface area is 230 Å². The molecule has 5 nitrogen and oxygen atoms in total. The minimum absolute atomic E-state index is 0.139. The second kappa shape index (κ2) is 12.2. The Kier molecular flexibility index (Phi) is 9.92. The molecule has 0 aromatic rings. The molecular formula is C33H52O5. The van der Waals surface area contributed by atoms with Crippen LogP contribution in [-0.2, 0) is 9.53 Å². The average molecular weight is 529 g/mol. The van der Waals surface area contributed by atoms with Crippen LogP contribution in [0.2, 0.25) is 0 Å². The molecule has 38 heavy (non-hydrogen) atoms. The van der Waals surface area contributed by atoms with E-state index in [1.165, 1.54) is 12.0 Å². The van der Waals surface area contributed by atoms with Crippen molar-refractivity contribution in [2.75, 3.05) is 6.61 Å². The molecule has 0 bridgehead atoms. The number of carbonyl (C=O) groups excluding carboxylic acids is 1. The predicted molar refractivity (Wildman–Crippen MR) is 153 cm³/mol. The number of fused-ring (bicyclic) bond motifs is 1. The molecule has 0 aliphatic heterocycles. The number of hydrogen-bond acceptors (Lipinski definition) is 5. The van der Waals surface area contributed by atoms with E-state index in [0.717, 1.165) is 49.7 Å². The van der Waals surface area contributed by atoms with Gasteiger partial charge in [0.1, 0.15) is 0 Å². The minimum Gasteiger partial charge on any atom is -0.465 e. The highest BCUT2D eigenvalue weighted by Crippen LogP contribution is 2.62. The second-order valence-corrected chi connectivity index (χ2v) is 13.4. The summed E-state index contributed by atoms with van der Waals surface area (Å²) in [6.45, 7) is 17.0. The van der Waals surface area contributed by atoms with Gasteiger partial charge >= 0.3 is 5.97 Å². The summed E-state index contributed by atoms with van der Waals surface area (Å²) in [4.78, 5) is 12.6. The summed E-state index contributed by atoms with van der Waals surface area (Å²) in [6.07, 6.45) is 14.5. The molecule has 0 aromatic carbocycles. The van der Waals surface area contributed by atoms with E-state index in [0.29, 0.717) is 31.3 Å². The smallest absolute Gasteiger partial charge is 0.314 e. The van der Waals surface area contributed by atoms with E-state index in [2.05, 4.69) is 52.5 Å². The lowest BCUT2D eigenvalue weighted by Gasteiger charge is -2.47. The van der Waals surface area contributed by atoms with Gasteiger partial charge in [0.15, 0.2) is 0 Å². The van der Waals surface area contributed by atoms with Crippen LogP contribution in [0.4, 0.5) is 0 Å². The number of aliphatic hydroxyl groups is 3. The number of carbonyl (C=O) groups is 1. The molecule has 3 N–H and O–H groups in total. The van der Waals surface area contributed by atoms with Crippen LogP contribution in [0, 0.1) is 28.1 Å². The van der Waals surface area contributed by atoms with Gasteiger partial charge in [-0.2, -0.15) is 0 Å². The van der Waals surface area contributed by atoms with Crippen LogP contribution in [0.1, 0.15) is 99.3 Å². The molecule has 3 aliphatic rings. The van der Waals surface area contributed by atoms with E-state index < -0.39 is 23.7 Å². The van der Waals surface area contributed by atoms with E-state index in [1.54, 1.807) is 13.8 Å². The molecule has 6 atom stereocenters. The van der Waals surface area contributed by atoms with Crippen molar-refractivity contribution >= 4 is 5.97 Å². The number of unbranched alkanes of at least 4 members (excludes halogenated alkanes) is 1. The largest absolute Gasteiger partial charge is 0.465 e. The summed E-state index contributed by atoms with van der Waals surface area (Å²) >= 11 is 0. The van der Waals surface area contributed by atoms with Gasteiger partial charge in [-0.05, 0) is 92.6 Å². The Morgan fingerprint density at radius 1 is 1.21 bits per heavy atom. The third kappa shape index (κ3) is 6.54. The highest BCUT2D eigenvalue weighted by Gasteiger charge is 2.53. The number of hydrogen-bond donors (Lipinski definition) is 3. The van der Waals surface area contributed by atoms with Crippen LogP contribution < -0.4 is 0 Å². The Bertz CT molecular complexity index is 954. The van der Waals surface area contributed by atoms with Crippen LogP contribution in [0.25, 0.3) is 0 Å². The van der Waals surface area contributed by atoms with E-state index in [9.17, 15) is 20.1 Å². The lowest BCUT2D eigenvalue weighted by Crippen LogP contribution is -2.40. The minimum atomic E-state index is -0.999. The summed E-state index contributed by atoms with van der Waals surface area (Å²) in [6, 6.07) is 0. The zero-order valence-corrected chi connectivity index (χ0v) is 24.6. The van der Waals surface area contributed by atoms with Crippen LogP contribution in [0.3, 0.4) is 0 Å². The molecule has 3 fully saturated rings.